The Hall–Kier alpha value is -0.570. The molecule has 3 N–H and O–H groups in total. The third-order valence-corrected chi connectivity index (χ3v) is 1.92. The van der Waals surface area contributed by atoms with Gasteiger partial charge in [-0.1, -0.05) is 6.92 Å². The van der Waals surface area contributed by atoms with Crippen molar-refractivity contribution in [1.29, 1.82) is 0 Å². The van der Waals surface area contributed by atoms with E-state index in [1.807, 2.05) is 6.92 Å². The standard InChI is InChI=1S/C7H15NO2/c1-4-5(8)7(2,3)6(9)10/h5H,4,8H2,1-3H3,(H,9,10)/t5-/m0/s1. The van der Waals surface area contributed by atoms with E-state index in [4.69, 9.17) is 10.8 Å². The van der Waals surface area contributed by atoms with Crippen molar-refractivity contribution in [3.8, 4) is 0 Å². The average Bonchev–Trinajstić information content (AvgIpc) is 1.86. The predicted molar refractivity (Wildman–Crippen MR) is 39.7 cm³/mol. The first-order valence-corrected chi connectivity index (χ1v) is 3.42. The van der Waals surface area contributed by atoms with E-state index in [9.17, 15) is 4.79 Å². The van der Waals surface area contributed by atoms with Crippen molar-refractivity contribution in [3.63, 3.8) is 0 Å². The molecule has 0 saturated carbocycles. The van der Waals surface area contributed by atoms with Gasteiger partial charge in [0.1, 0.15) is 0 Å². The van der Waals surface area contributed by atoms with E-state index in [1.54, 1.807) is 13.8 Å². The number of nitrogens with two attached hydrogens (primary N) is 1. The van der Waals surface area contributed by atoms with Gasteiger partial charge in [-0.25, -0.2) is 0 Å². The van der Waals surface area contributed by atoms with Crippen molar-refractivity contribution in [3.05, 3.63) is 0 Å². The van der Waals surface area contributed by atoms with Gasteiger partial charge in [-0.15, -0.1) is 0 Å². The fraction of sp³-hybridized carbons (Fsp3) is 0.857. The lowest BCUT2D eigenvalue weighted by Gasteiger charge is -2.25. The molecule has 0 rings (SSSR count). The Bertz CT molecular complexity index is 132. The fourth-order valence-electron chi connectivity index (χ4n) is 0.669. The zero-order valence-corrected chi connectivity index (χ0v) is 6.72. The largest absolute Gasteiger partial charge is 0.481 e. The molecule has 0 amide bonds. The summed E-state index contributed by atoms with van der Waals surface area (Å²) in [6.07, 6.45) is 0.694. The van der Waals surface area contributed by atoms with Crippen molar-refractivity contribution >= 4 is 5.97 Å². The van der Waals surface area contributed by atoms with Gasteiger partial charge < -0.3 is 10.8 Å². The van der Waals surface area contributed by atoms with Crippen molar-refractivity contribution in [2.24, 2.45) is 11.1 Å². The number of hydrogen-bond acceptors (Lipinski definition) is 2. The van der Waals surface area contributed by atoms with Crippen LogP contribution >= 0.6 is 0 Å². The van der Waals surface area contributed by atoms with Crippen LogP contribution in [0.5, 0.6) is 0 Å². The Morgan fingerprint density at radius 3 is 2.20 bits per heavy atom. The minimum absolute atomic E-state index is 0.259. The SMILES string of the molecule is CC[C@H](N)C(C)(C)C(=O)O. The third kappa shape index (κ3) is 1.70. The molecule has 0 aliphatic carbocycles. The average molecular weight is 145 g/mol. The Morgan fingerprint density at radius 2 is 2.10 bits per heavy atom. The van der Waals surface area contributed by atoms with E-state index in [0.717, 1.165) is 0 Å². The molecule has 1 atom stereocenters. The van der Waals surface area contributed by atoms with Gasteiger partial charge in [-0.2, -0.15) is 0 Å². The van der Waals surface area contributed by atoms with Crippen LogP contribution in [0.3, 0.4) is 0 Å². The van der Waals surface area contributed by atoms with Crippen molar-refractivity contribution < 1.29 is 9.90 Å². The quantitative estimate of drug-likeness (QED) is 0.618. The highest BCUT2D eigenvalue weighted by atomic mass is 16.4. The first kappa shape index (κ1) is 9.43. The van der Waals surface area contributed by atoms with Gasteiger partial charge in [0.25, 0.3) is 0 Å². The first-order chi connectivity index (χ1) is 4.42. The second kappa shape index (κ2) is 3.01. The number of aliphatic carboxylic acids is 1. The zero-order chi connectivity index (χ0) is 8.36. The maximum absolute atomic E-state index is 10.5. The molecule has 0 aromatic heterocycles. The van der Waals surface area contributed by atoms with E-state index < -0.39 is 11.4 Å². The maximum Gasteiger partial charge on any atom is 0.310 e. The van der Waals surface area contributed by atoms with Crippen LogP contribution in [0.4, 0.5) is 0 Å². The molecular formula is C7H15NO2. The van der Waals surface area contributed by atoms with Gasteiger partial charge in [0.15, 0.2) is 0 Å². The summed E-state index contributed by atoms with van der Waals surface area (Å²) in [7, 11) is 0. The molecule has 0 bridgehead atoms. The second-order valence-corrected chi connectivity index (χ2v) is 3.04. The van der Waals surface area contributed by atoms with Crippen LogP contribution in [0.15, 0.2) is 0 Å². The summed E-state index contributed by atoms with van der Waals surface area (Å²) in [5.41, 5.74) is 4.77. The molecule has 0 aromatic carbocycles. The van der Waals surface area contributed by atoms with Crippen molar-refractivity contribution in [2.75, 3.05) is 0 Å². The lowest BCUT2D eigenvalue weighted by molar-refractivity contribution is -0.148. The normalized spacial score (nSPS) is 14.8. The molecule has 0 aliphatic rings. The van der Waals surface area contributed by atoms with E-state index in [0.29, 0.717) is 6.42 Å². The molecule has 0 aromatic rings. The molecule has 0 spiro atoms. The Labute approximate surface area is 61.2 Å². The number of hydrogen-bond donors (Lipinski definition) is 2. The first-order valence-electron chi connectivity index (χ1n) is 3.42. The molecule has 60 valence electrons. The van der Waals surface area contributed by atoms with Crippen LogP contribution in [-0.2, 0) is 4.79 Å². The number of carboxylic acids is 1. The molecule has 0 saturated heterocycles. The van der Waals surface area contributed by atoms with E-state index in [1.165, 1.54) is 0 Å². The zero-order valence-electron chi connectivity index (χ0n) is 6.72. The fourth-order valence-corrected chi connectivity index (χ4v) is 0.669. The van der Waals surface area contributed by atoms with Gasteiger partial charge in [-0.05, 0) is 20.3 Å². The molecule has 0 unspecified atom stereocenters. The maximum atomic E-state index is 10.5. The lowest BCUT2D eigenvalue weighted by atomic mass is 9.84. The molecule has 0 aliphatic heterocycles. The molecular weight excluding hydrogens is 130 g/mol. The third-order valence-electron chi connectivity index (χ3n) is 1.92. The Kier molecular flexibility index (Phi) is 2.84. The lowest BCUT2D eigenvalue weighted by Crippen LogP contribution is -2.42. The second-order valence-electron chi connectivity index (χ2n) is 3.04. The van der Waals surface area contributed by atoms with Crippen LogP contribution in [-0.4, -0.2) is 17.1 Å². The van der Waals surface area contributed by atoms with Crippen LogP contribution in [0.1, 0.15) is 27.2 Å². The van der Waals surface area contributed by atoms with Gasteiger partial charge in [-0.3, -0.25) is 4.79 Å². The summed E-state index contributed by atoms with van der Waals surface area (Å²) >= 11 is 0. The number of carbonyl (C=O) groups is 1. The monoisotopic (exact) mass is 145 g/mol. The highest BCUT2D eigenvalue weighted by Gasteiger charge is 2.32. The summed E-state index contributed by atoms with van der Waals surface area (Å²) in [4.78, 5) is 10.5. The summed E-state index contributed by atoms with van der Waals surface area (Å²) < 4.78 is 0. The topological polar surface area (TPSA) is 63.3 Å². The van der Waals surface area contributed by atoms with E-state index >= 15 is 0 Å². The number of rotatable bonds is 3. The molecule has 3 heteroatoms. The summed E-state index contributed by atoms with van der Waals surface area (Å²) in [5.74, 6) is -0.832. The highest BCUT2D eigenvalue weighted by Crippen LogP contribution is 2.20. The predicted octanol–water partition coefficient (Wildman–Crippen LogP) is 0.834. The van der Waals surface area contributed by atoms with Crippen LogP contribution in [0.25, 0.3) is 0 Å². The van der Waals surface area contributed by atoms with E-state index in [-0.39, 0.29) is 6.04 Å². The highest BCUT2D eigenvalue weighted by molar-refractivity contribution is 5.74. The van der Waals surface area contributed by atoms with Gasteiger partial charge >= 0.3 is 5.97 Å². The van der Waals surface area contributed by atoms with Gasteiger partial charge in [0.05, 0.1) is 5.41 Å². The molecule has 0 radical (unpaired) electrons. The van der Waals surface area contributed by atoms with Crippen LogP contribution in [0, 0.1) is 5.41 Å². The summed E-state index contributed by atoms with van der Waals surface area (Å²) in [6, 6.07) is -0.259. The summed E-state index contributed by atoms with van der Waals surface area (Å²) in [5, 5.41) is 8.66. The molecule has 0 fully saturated rings. The minimum Gasteiger partial charge on any atom is -0.481 e. The molecule has 10 heavy (non-hydrogen) atoms. The summed E-state index contributed by atoms with van der Waals surface area (Å²) in [6.45, 7) is 5.17. The van der Waals surface area contributed by atoms with Gasteiger partial charge in [0.2, 0.25) is 0 Å². The van der Waals surface area contributed by atoms with Gasteiger partial charge in [0, 0.05) is 6.04 Å². The van der Waals surface area contributed by atoms with Crippen molar-refractivity contribution in [1.82, 2.24) is 0 Å². The Balaban J connectivity index is 4.23. The van der Waals surface area contributed by atoms with Crippen LogP contribution < -0.4 is 5.73 Å². The number of carboxylic acid groups (broad SMARTS) is 1. The van der Waals surface area contributed by atoms with Crippen LogP contribution in [0.2, 0.25) is 0 Å². The Morgan fingerprint density at radius 1 is 1.70 bits per heavy atom. The molecule has 0 heterocycles. The minimum atomic E-state index is -0.832. The molecule has 3 nitrogen and oxygen atoms in total. The van der Waals surface area contributed by atoms with E-state index in [2.05, 4.69) is 0 Å². The van der Waals surface area contributed by atoms with Crippen molar-refractivity contribution in [2.45, 2.75) is 33.2 Å². The smallest absolute Gasteiger partial charge is 0.310 e.